The Morgan fingerprint density at radius 1 is 1.03 bits per heavy atom. The van der Waals surface area contributed by atoms with Crippen LogP contribution in [0.4, 0.5) is 4.79 Å². The van der Waals surface area contributed by atoms with Crippen molar-refractivity contribution in [2.45, 2.75) is 92.1 Å². The Labute approximate surface area is 208 Å². The molecule has 2 amide bonds. The Morgan fingerprint density at radius 3 is 2.14 bits per heavy atom. The van der Waals surface area contributed by atoms with Gasteiger partial charge in [-0.25, -0.2) is 9.59 Å². The van der Waals surface area contributed by atoms with Crippen molar-refractivity contribution in [1.29, 1.82) is 0 Å². The van der Waals surface area contributed by atoms with E-state index in [2.05, 4.69) is 13.8 Å². The predicted octanol–water partition coefficient (Wildman–Crippen LogP) is 6.14. The number of nitrogens with zero attached hydrogens (tertiary/aromatic N) is 2. The van der Waals surface area contributed by atoms with Gasteiger partial charge in [0.2, 0.25) is 0 Å². The number of carboxylic acids is 1. The Hall–Kier alpha value is -2.86. The van der Waals surface area contributed by atoms with E-state index in [1.165, 1.54) is 0 Å². The fourth-order valence-electron chi connectivity index (χ4n) is 5.56. The van der Waals surface area contributed by atoms with Gasteiger partial charge in [0, 0.05) is 31.2 Å². The number of hydrogen-bond acceptors (Lipinski definition) is 3. The molecule has 35 heavy (non-hydrogen) atoms. The summed E-state index contributed by atoms with van der Waals surface area (Å²) in [5.41, 5.74) is 7.18. The van der Waals surface area contributed by atoms with Crippen molar-refractivity contribution >= 4 is 12.0 Å². The first kappa shape index (κ1) is 25.2. The number of amides is 2. The minimum atomic E-state index is -1.11. The van der Waals surface area contributed by atoms with E-state index < -0.39 is 17.7 Å². The molecule has 2 atom stereocenters. The van der Waals surface area contributed by atoms with E-state index >= 15 is 0 Å². The molecule has 2 heterocycles. The number of aliphatic carboxylic acids is 1. The fourth-order valence-corrected chi connectivity index (χ4v) is 5.56. The largest absolute Gasteiger partial charge is 0.479 e. The minimum Gasteiger partial charge on any atom is -0.479 e. The van der Waals surface area contributed by atoms with Gasteiger partial charge in [-0.15, -0.1) is 0 Å². The van der Waals surface area contributed by atoms with Gasteiger partial charge in [-0.05, 0) is 94.7 Å². The van der Waals surface area contributed by atoms with Gasteiger partial charge in [-0.3, -0.25) is 0 Å². The highest BCUT2D eigenvalue weighted by molar-refractivity contribution is 5.85. The molecule has 2 aromatic carbocycles. The molecule has 2 aromatic rings. The van der Waals surface area contributed by atoms with Crippen molar-refractivity contribution in [1.82, 2.24) is 9.80 Å². The first-order valence-electron chi connectivity index (χ1n) is 12.6. The molecular formula is C29H38N2O4. The third-order valence-corrected chi connectivity index (χ3v) is 7.38. The average Bonchev–Trinajstić information content (AvgIpc) is 3.41. The maximum Gasteiger partial charge on any atom is 0.337 e. The maximum atomic E-state index is 13.4. The molecule has 0 aliphatic carbocycles. The van der Waals surface area contributed by atoms with Crippen LogP contribution < -0.4 is 0 Å². The van der Waals surface area contributed by atoms with Gasteiger partial charge in [0.05, 0.1) is 5.60 Å². The van der Waals surface area contributed by atoms with Crippen molar-refractivity contribution < 1.29 is 19.4 Å². The topological polar surface area (TPSA) is 70.1 Å². The van der Waals surface area contributed by atoms with Crippen LogP contribution in [0.25, 0.3) is 11.1 Å². The van der Waals surface area contributed by atoms with Crippen LogP contribution in [0.5, 0.6) is 0 Å². The van der Waals surface area contributed by atoms with Crippen LogP contribution in [0.2, 0.25) is 0 Å². The molecule has 4 rings (SSSR count). The summed E-state index contributed by atoms with van der Waals surface area (Å²) < 4.78 is 6.15. The summed E-state index contributed by atoms with van der Waals surface area (Å²) in [5, 5.41) is 10.3. The Morgan fingerprint density at radius 2 is 1.63 bits per heavy atom. The number of carbonyl (C=O) groups excluding carboxylic acids is 1. The molecule has 2 aliphatic rings. The number of fused-ring (bicyclic) bond motifs is 1. The summed E-state index contributed by atoms with van der Waals surface area (Å²) in [6.07, 6.45) is 0.966. The second-order valence-corrected chi connectivity index (χ2v) is 11.1. The minimum absolute atomic E-state index is 0.0733. The van der Waals surface area contributed by atoms with E-state index in [4.69, 9.17) is 4.74 Å². The molecule has 1 saturated heterocycles. The molecule has 0 radical (unpaired) electrons. The molecule has 1 N–H and O–H groups in total. The number of benzene rings is 2. The van der Waals surface area contributed by atoms with E-state index in [0.717, 1.165) is 58.3 Å². The average molecular weight is 479 g/mol. The van der Waals surface area contributed by atoms with Gasteiger partial charge in [0.25, 0.3) is 0 Å². The standard InChI is InChI=1S/C29H38N2O4/c1-17-10-12-21(13-11-17)24-19(3)22-15-30(28(34)31-14-8-9-18(31)2)16-23(22)20(4)25(24)26(27(32)33)35-29(5,6)7/h10-13,18,26H,8-9,14-16H2,1-7H3,(H,32,33)/t18-,26?/m1/s1. The molecule has 6 nitrogen and oxygen atoms in total. The highest BCUT2D eigenvalue weighted by atomic mass is 16.5. The Kier molecular flexibility index (Phi) is 6.71. The number of hydrogen-bond donors (Lipinski definition) is 1. The summed E-state index contributed by atoms with van der Waals surface area (Å²) >= 11 is 0. The van der Waals surface area contributed by atoms with Gasteiger partial charge >= 0.3 is 12.0 Å². The van der Waals surface area contributed by atoms with Gasteiger partial charge in [0.15, 0.2) is 6.10 Å². The van der Waals surface area contributed by atoms with Crippen LogP contribution in [0, 0.1) is 20.8 Å². The van der Waals surface area contributed by atoms with E-state index in [0.29, 0.717) is 18.7 Å². The monoisotopic (exact) mass is 478 g/mol. The predicted molar refractivity (Wildman–Crippen MR) is 137 cm³/mol. The number of likely N-dealkylation sites (tertiary alicyclic amines) is 1. The zero-order chi connectivity index (χ0) is 25.7. The lowest BCUT2D eigenvalue weighted by Crippen LogP contribution is -2.42. The Balaban J connectivity index is 1.87. The lowest BCUT2D eigenvalue weighted by molar-refractivity contribution is -0.160. The third kappa shape index (κ3) is 4.81. The van der Waals surface area contributed by atoms with Crippen LogP contribution in [-0.2, 0) is 22.6 Å². The second-order valence-electron chi connectivity index (χ2n) is 11.1. The highest BCUT2D eigenvalue weighted by Crippen LogP contribution is 2.44. The molecule has 0 bridgehead atoms. The van der Waals surface area contributed by atoms with E-state index in [1.54, 1.807) is 0 Å². The summed E-state index contributed by atoms with van der Waals surface area (Å²) in [5.74, 6) is -1.01. The number of rotatable bonds is 4. The molecule has 1 unspecified atom stereocenters. The number of carboxylic acid groups (broad SMARTS) is 1. The Bertz CT molecular complexity index is 1150. The lowest BCUT2D eigenvalue weighted by atomic mass is 9.83. The van der Waals surface area contributed by atoms with Crippen LogP contribution >= 0.6 is 0 Å². The molecule has 188 valence electrons. The molecule has 2 aliphatic heterocycles. The number of ether oxygens (including phenoxy) is 1. The smallest absolute Gasteiger partial charge is 0.337 e. The van der Waals surface area contributed by atoms with E-state index in [1.807, 2.05) is 68.7 Å². The van der Waals surface area contributed by atoms with Crippen LogP contribution in [0.3, 0.4) is 0 Å². The summed E-state index contributed by atoms with van der Waals surface area (Å²) in [4.78, 5) is 29.8. The van der Waals surface area contributed by atoms with Crippen LogP contribution in [0.1, 0.15) is 80.0 Å². The van der Waals surface area contributed by atoms with Gasteiger partial charge in [0.1, 0.15) is 0 Å². The van der Waals surface area contributed by atoms with Crippen molar-refractivity contribution in [3.63, 3.8) is 0 Å². The molecule has 0 spiro atoms. The summed E-state index contributed by atoms with van der Waals surface area (Å²) in [6.45, 7) is 15.7. The maximum absolute atomic E-state index is 13.4. The van der Waals surface area contributed by atoms with Crippen molar-refractivity contribution in [2.75, 3.05) is 6.54 Å². The van der Waals surface area contributed by atoms with Crippen molar-refractivity contribution in [3.05, 3.63) is 57.6 Å². The zero-order valence-electron chi connectivity index (χ0n) is 22.1. The van der Waals surface area contributed by atoms with Gasteiger partial charge in [-0.2, -0.15) is 0 Å². The zero-order valence-corrected chi connectivity index (χ0v) is 22.1. The van der Waals surface area contributed by atoms with Gasteiger partial charge < -0.3 is 19.6 Å². The highest BCUT2D eigenvalue weighted by Gasteiger charge is 2.38. The normalized spacial score (nSPS) is 18.7. The lowest BCUT2D eigenvalue weighted by Gasteiger charge is -2.29. The van der Waals surface area contributed by atoms with Crippen molar-refractivity contribution in [3.8, 4) is 11.1 Å². The number of aryl methyl sites for hydroxylation is 1. The fraction of sp³-hybridized carbons (Fsp3) is 0.517. The molecule has 6 heteroatoms. The first-order valence-corrected chi connectivity index (χ1v) is 12.6. The number of carbonyl (C=O) groups is 2. The molecular weight excluding hydrogens is 440 g/mol. The molecule has 0 saturated carbocycles. The quantitative estimate of drug-likeness (QED) is 0.573. The van der Waals surface area contributed by atoms with E-state index in [-0.39, 0.29) is 12.1 Å². The molecule has 0 aromatic heterocycles. The summed E-state index contributed by atoms with van der Waals surface area (Å²) in [6, 6.07) is 8.52. The van der Waals surface area contributed by atoms with Gasteiger partial charge in [-0.1, -0.05) is 29.8 Å². The SMILES string of the molecule is Cc1ccc(-c2c(C)c3c(c(C)c2C(OC(C)(C)C)C(=O)O)CN(C(=O)N2CCC[C@H]2C)C3)cc1. The third-order valence-electron chi connectivity index (χ3n) is 7.38. The van der Waals surface area contributed by atoms with Crippen LogP contribution in [-0.4, -0.2) is 45.1 Å². The first-order chi connectivity index (χ1) is 16.4. The second kappa shape index (κ2) is 9.30. The van der Waals surface area contributed by atoms with Crippen LogP contribution in [0.15, 0.2) is 24.3 Å². The van der Waals surface area contributed by atoms with Crippen molar-refractivity contribution in [2.24, 2.45) is 0 Å². The number of urea groups is 1. The van der Waals surface area contributed by atoms with E-state index in [9.17, 15) is 14.7 Å². The molecule has 1 fully saturated rings. The summed E-state index contributed by atoms with van der Waals surface area (Å²) in [7, 11) is 0.